The fourth-order valence-electron chi connectivity index (χ4n) is 6.80. The molecule has 0 spiro atoms. The first-order chi connectivity index (χ1) is 27.6. The van der Waals surface area contributed by atoms with Gasteiger partial charge in [-0.1, -0.05) is 92.0 Å². The Morgan fingerprint density at radius 1 is 0.786 bits per heavy atom. The van der Waals surface area contributed by atoms with Gasteiger partial charge in [-0.2, -0.15) is 0 Å². The zero-order valence-corrected chi connectivity index (χ0v) is 34.1. The Balaban J connectivity index is 0.826. The number of nitrogens with one attached hydrogen (secondary N) is 1. The summed E-state index contributed by atoms with van der Waals surface area (Å²) in [6, 6.07) is 15.1. The van der Waals surface area contributed by atoms with Crippen LogP contribution in [0.25, 0.3) is 10.1 Å². The maximum atomic E-state index is 12.1. The lowest BCUT2D eigenvalue weighted by Gasteiger charge is -2.36. The van der Waals surface area contributed by atoms with Crippen molar-refractivity contribution >= 4 is 39.0 Å². The summed E-state index contributed by atoms with van der Waals surface area (Å²) in [4.78, 5) is 17.2. The minimum Gasteiger partial charge on any atom is -0.494 e. The molecule has 1 N–H and O–H groups in total. The predicted octanol–water partition coefficient (Wildman–Crippen LogP) is 11.7. The molecule has 1 aromatic heterocycles. The third-order valence-corrected chi connectivity index (χ3v) is 10.9. The minimum atomic E-state index is -0.320. The molecule has 0 amide bonds. The second kappa shape index (κ2) is 24.8. The zero-order chi connectivity index (χ0) is 39.0. The first-order valence-electron chi connectivity index (χ1n) is 20.6. The number of hydrogen-bond donors (Lipinski definition) is 1. The molecule has 298 valence electrons. The van der Waals surface area contributed by atoms with Crippen LogP contribution >= 0.6 is 11.3 Å². The van der Waals surface area contributed by atoms with Crippen molar-refractivity contribution in [2.75, 3.05) is 51.0 Å². The normalized spacial score (nSPS) is 16.1. The van der Waals surface area contributed by atoms with Crippen molar-refractivity contribution < 1.29 is 19.0 Å². The monoisotopic (exact) mass is 775 g/mol. The lowest BCUT2D eigenvalue weighted by molar-refractivity contribution is -0.150. The van der Waals surface area contributed by atoms with Gasteiger partial charge in [0.2, 0.25) is 6.79 Å². The number of ether oxygens (including phenoxy) is 3. The molecule has 1 saturated heterocycles. The molecule has 1 atom stereocenters. The van der Waals surface area contributed by atoms with Gasteiger partial charge in [0, 0.05) is 60.7 Å². The van der Waals surface area contributed by atoms with Crippen LogP contribution < -0.4 is 9.64 Å². The van der Waals surface area contributed by atoms with E-state index in [0.29, 0.717) is 25.9 Å². The van der Waals surface area contributed by atoms with Crippen LogP contribution in [0.2, 0.25) is 0 Å². The maximum Gasteiger partial charge on any atom is 0.308 e. The number of piperazine rings is 1. The number of nitrogens with zero attached hydrogens (tertiary/aromatic N) is 2. The van der Waals surface area contributed by atoms with Gasteiger partial charge in [0.1, 0.15) is 5.75 Å². The van der Waals surface area contributed by atoms with Crippen molar-refractivity contribution in [1.82, 2.24) is 4.90 Å². The van der Waals surface area contributed by atoms with Crippen molar-refractivity contribution in [2.45, 2.75) is 83.5 Å². The van der Waals surface area contributed by atoms with Crippen molar-refractivity contribution in [3.05, 3.63) is 132 Å². The van der Waals surface area contributed by atoms with Crippen molar-refractivity contribution in [3.8, 4) is 5.75 Å². The number of carbonyl (C=O) groups is 1. The predicted molar refractivity (Wildman–Crippen MR) is 235 cm³/mol. The summed E-state index contributed by atoms with van der Waals surface area (Å²) in [5.74, 6) is 0.867. The number of unbranched alkanes of at least 4 members (excludes halogenated alkanes) is 1. The molecule has 0 radical (unpaired) electrons. The highest BCUT2D eigenvalue weighted by Gasteiger charge is 2.34. The van der Waals surface area contributed by atoms with E-state index in [2.05, 4.69) is 125 Å². The minimum absolute atomic E-state index is 0.128. The fourth-order valence-corrected chi connectivity index (χ4v) is 7.61. The third-order valence-electron chi connectivity index (χ3n) is 10.0. The largest absolute Gasteiger partial charge is 0.494 e. The highest BCUT2D eigenvalue weighted by atomic mass is 32.1. The number of esters is 1. The van der Waals surface area contributed by atoms with Crippen molar-refractivity contribution in [1.29, 1.82) is 5.41 Å². The van der Waals surface area contributed by atoms with E-state index in [1.165, 1.54) is 26.9 Å². The fraction of sp³-hybridized carbons (Fsp3) is 0.417. The summed E-state index contributed by atoms with van der Waals surface area (Å²) >= 11 is 1.81. The second-order valence-corrected chi connectivity index (χ2v) is 15.1. The average molecular weight is 776 g/mol. The van der Waals surface area contributed by atoms with Crippen molar-refractivity contribution in [2.24, 2.45) is 0 Å². The second-order valence-electron chi connectivity index (χ2n) is 14.2. The molecule has 56 heavy (non-hydrogen) atoms. The molecule has 1 fully saturated rings. The summed E-state index contributed by atoms with van der Waals surface area (Å²) in [6.45, 7) is 8.07. The lowest BCUT2D eigenvalue weighted by atomic mass is 10.2. The maximum absolute atomic E-state index is 12.1. The van der Waals surface area contributed by atoms with E-state index < -0.39 is 0 Å². The van der Waals surface area contributed by atoms with E-state index in [1.807, 2.05) is 23.5 Å². The lowest BCUT2D eigenvalue weighted by Crippen LogP contribution is -2.46. The van der Waals surface area contributed by atoms with Gasteiger partial charge >= 0.3 is 5.97 Å². The number of fused-ring (bicyclic) bond motifs is 2. The van der Waals surface area contributed by atoms with Crippen LogP contribution in [-0.4, -0.2) is 62.9 Å². The molecule has 2 aromatic carbocycles. The van der Waals surface area contributed by atoms with Gasteiger partial charge in [0.15, 0.2) is 5.90 Å². The van der Waals surface area contributed by atoms with Crippen LogP contribution in [0.4, 0.5) is 5.69 Å². The van der Waals surface area contributed by atoms with E-state index in [0.717, 1.165) is 89.8 Å². The number of benzene rings is 2. The summed E-state index contributed by atoms with van der Waals surface area (Å²) in [5, 5.41) is 11.8. The van der Waals surface area contributed by atoms with E-state index in [9.17, 15) is 4.79 Å². The number of carbonyl (C=O) groups excluding carboxylic acids is 1. The van der Waals surface area contributed by atoms with E-state index in [4.69, 9.17) is 19.6 Å². The van der Waals surface area contributed by atoms with Crippen LogP contribution in [0.15, 0.2) is 121 Å². The standard InChI is InChI=1S/C48H61N3O4S/c1-2-3-4-5-6-7-8-9-10-11-12-13-14-15-16-17-18-19-20-26-48(52)55-39-54-47(49)38-44-41-28-27-40(37-43(41)44)53-35-22-21-30-50-31-33-51(34-32-50)45-24-23-25-46-42(45)29-36-56-46/h3-4,6-7,9-10,12-13,15-16,18-19,23-25,27-29,36-37,44,49H,2,5,8,11,14,17,20-22,26,30-35,38-39H2,1H3/b4-3-,7-6-,10-9-,13-12-,16-15-,19-18-,49-47?/t44-/m1/s1. The Morgan fingerprint density at radius 2 is 1.46 bits per heavy atom. The molecule has 7 nitrogen and oxygen atoms in total. The highest BCUT2D eigenvalue weighted by Crippen LogP contribution is 2.47. The Morgan fingerprint density at radius 3 is 2.16 bits per heavy atom. The van der Waals surface area contributed by atoms with Gasteiger partial charge in [-0.05, 0) is 111 Å². The van der Waals surface area contributed by atoms with E-state index in [1.54, 1.807) is 0 Å². The molecule has 8 heteroatoms. The van der Waals surface area contributed by atoms with Crippen LogP contribution in [0.3, 0.4) is 0 Å². The molecule has 3 aromatic rings. The van der Waals surface area contributed by atoms with Crippen LogP contribution in [0.1, 0.15) is 94.6 Å². The summed E-state index contributed by atoms with van der Waals surface area (Å²) in [7, 11) is 0. The number of hydrogen-bond acceptors (Lipinski definition) is 8. The first-order valence-corrected chi connectivity index (χ1v) is 21.5. The van der Waals surface area contributed by atoms with Gasteiger partial charge in [-0.15, -0.1) is 11.3 Å². The Bertz CT molecular complexity index is 1830. The molecular weight excluding hydrogens is 715 g/mol. The number of allylic oxidation sites excluding steroid dienone is 12. The van der Waals surface area contributed by atoms with Gasteiger partial charge in [-0.25, -0.2) is 0 Å². The highest BCUT2D eigenvalue weighted by molar-refractivity contribution is 7.17. The van der Waals surface area contributed by atoms with Crippen LogP contribution in [0, 0.1) is 5.41 Å². The smallest absolute Gasteiger partial charge is 0.308 e. The summed E-state index contributed by atoms with van der Waals surface area (Å²) < 4.78 is 18.1. The number of thiophene rings is 1. The number of anilines is 1. The van der Waals surface area contributed by atoms with Gasteiger partial charge in [0.05, 0.1) is 6.61 Å². The Hall–Kier alpha value is -4.66. The quantitative estimate of drug-likeness (QED) is 0.0231. The third kappa shape index (κ3) is 15.1. The molecule has 1 aliphatic carbocycles. The zero-order valence-electron chi connectivity index (χ0n) is 33.3. The number of rotatable bonds is 25. The molecule has 0 bridgehead atoms. The topological polar surface area (TPSA) is 75.1 Å². The Labute approximate surface area is 339 Å². The van der Waals surface area contributed by atoms with E-state index in [-0.39, 0.29) is 24.6 Å². The average Bonchev–Trinajstić information content (AvgIpc) is 3.63. The Kier molecular flexibility index (Phi) is 18.8. The summed E-state index contributed by atoms with van der Waals surface area (Å²) in [6.07, 6.45) is 35.3. The van der Waals surface area contributed by atoms with Gasteiger partial charge < -0.3 is 19.1 Å². The SMILES string of the molecule is CC/C=C\C/C=C\C/C=C\C/C=C\C/C=C\C/C=C\CCC(=O)OCOC(=N)C[C@@H]1c2ccc(OCCCCN3CCN(c4cccc5sccc45)CC3)cc21. The molecule has 2 aliphatic rings. The van der Waals surface area contributed by atoms with E-state index >= 15 is 0 Å². The van der Waals surface area contributed by atoms with Crippen molar-refractivity contribution in [3.63, 3.8) is 0 Å². The molecular formula is C48H61N3O4S. The first kappa shape index (κ1) is 42.5. The molecule has 5 rings (SSSR count). The van der Waals surface area contributed by atoms with Crippen LogP contribution in [-0.2, 0) is 14.3 Å². The molecule has 0 unspecified atom stereocenters. The summed E-state index contributed by atoms with van der Waals surface area (Å²) in [5.41, 5.74) is 3.81. The molecule has 2 heterocycles. The van der Waals surface area contributed by atoms with Gasteiger partial charge in [0.25, 0.3) is 0 Å². The molecule has 1 aliphatic heterocycles. The van der Waals surface area contributed by atoms with Gasteiger partial charge in [-0.3, -0.25) is 15.1 Å². The van der Waals surface area contributed by atoms with Crippen LogP contribution in [0.5, 0.6) is 5.75 Å². The molecule has 0 saturated carbocycles.